The van der Waals surface area contributed by atoms with E-state index in [4.69, 9.17) is 10.5 Å². The molecule has 0 unspecified atom stereocenters. The summed E-state index contributed by atoms with van der Waals surface area (Å²) in [6, 6.07) is 16.7. The minimum absolute atomic E-state index is 0.0828. The average molecular weight is 424 g/mol. The molecule has 0 saturated carbocycles. The van der Waals surface area contributed by atoms with E-state index in [0.717, 1.165) is 15.4 Å². The lowest BCUT2D eigenvalue weighted by Gasteiger charge is -2.05. The zero-order valence-electron chi connectivity index (χ0n) is 14.0. The van der Waals surface area contributed by atoms with E-state index >= 15 is 0 Å². The molecule has 2 aromatic heterocycles. The molecule has 0 aliphatic rings. The third-order valence-electron chi connectivity index (χ3n) is 3.95. The molecule has 27 heavy (non-hydrogen) atoms. The van der Waals surface area contributed by atoms with Gasteiger partial charge in [0, 0.05) is 15.4 Å². The largest absolute Gasteiger partial charge is 0.453 e. The third kappa shape index (κ3) is 3.65. The minimum atomic E-state index is -0.541. The number of aromatic amines is 1. The van der Waals surface area contributed by atoms with Crippen LogP contribution >= 0.6 is 15.9 Å². The fourth-order valence-corrected chi connectivity index (χ4v) is 2.88. The zero-order valence-corrected chi connectivity index (χ0v) is 15.6. The summed E-state index contributed by atoms with van der Waals surface area (Å²) >= 11 is 3.39. The fraction of sp³-hybridized carbons (Fsp3) is 0.0526. The highest BCUT2D eigenvalue weighted by molar-refractivity contribution is 9.10. The Morgan fingerprint density at radius 3 is 2.70 bits per heavy atom. The van der Waals surface area contributed by atoms with Crippen LogP contribution in [0.5, 0.6) is 0 Å². The number of nitrogens with one attached hydrogen (secondary N) is 1. The second-order valence-corrected chi connectivity index (χ2v) is 6.71. The van der Waals surface area contributed by atoms with Crippen LogP contribution in [0, 0.1) is 0 Å². The van der Waals surface area contributed by atoms with Gasteiger partial charge in [-0.3, -0.25) is 5.10 Å². The summed E-state index contributed by atoms with van der Waals surface area (Å²) in [6.07, 6.45) is 0. The van der Waals surface area contributed by atoms with Crippen molar-refractivity contribution in [1.29, 1.82) is 0 Å². The van der Waals surface area contributed by atoms with E-state index in [2.05, 4.69) is 36.1 Å². The van der Waals surface area contributed by atoms with Crippen LogP contribution in [-0.4, -0.2) is 26.1 Å². The SMILES string of the molecule is Nc1nc(COC(=O)c2cc(-c3ccc(Br)cc3)n[nH]2)nc2ccccc12. The number of carbonyl (C=O) groups excluding carboxylic acids is 1. The number of halogens is 1. The number of para-hydroxylation sites is 1. The van der Waals surface area contributed by atoms with Crippen molar-refractivity contribution in [2.75, 3.05) is 5.73 Å². The van der Waals surface area contributed by atoms with Crippen molar-refractivity contribution in [3.05, 3.63) is 70.6 Å². The van der Waals surface area contributed by atoms with Gasteiger partial charge in [0.25, 0.3) is 0 Å². The van der Waals surface area contributed by atoms with Crippen molar-refractivity contribution in [1.82, 2.24) is 20.2 Å². The first kappa shape index (κ1) is 17.2. The lowest BCUT2D eigenvalue weighted by Crippen LogP contribution is -2.09. The van der Waals surface area contributed by atoms with Crippen LogP contribution in [0.2, 0.25) is 0 Å². The van der Waals surface area contributed by atoms with E-state index in [0.29, 0.717) is 22.9 Å². The molecule has 0 atom stereocenters. The molecule has 0 bridgehead atoms. The second kappa shape index (κ2) is 7.16. The number of rotatable bonds is 4. The maximum absolute atomic E-state index is 12.3. The predicted octanol–water partition coefficient (Wildman–Crippen LogP) is 3.72. The van der Waals surface area contributed by atoms with E-state index in [1.165, 1.54) is 0 Å². The van der Waals surface area contributed by atoms with Gasteiger partial charge in [-0.25, -0.2) is 14.8 Å². The summed E-state index contributed by atoms with van der Waals surface area (Å²) in [6.45, 7) is -0.0828. The molecule has 0 saturated heterocycles. The van der Waals surface area contributed by atoms with Gasteiger partial charge in [0.15, 0.2) is 12.4 Å². The lowest BCUT2D eigenvalue weighted by atomic mass is 10.1. The van der Waals surface area contributed by atoms with E-state index in [9.17, 15) is 4.79 Å². The molecule has 0 aliphatic carbocycles. The lowest BCUT2D eigenvalue weighted by molar-refractivity contribution is 0.0455. The number of nitrogens with zero attached hydrogens (tertiary/aromatic N) is 3. The molecule has 7 nitrogen and oxygen atoms in total. The molecule has 2 aromatic carbocycles. The summed E-state index contributed by atoms with van der Waals surface area (Å²) < 4.78 is 6.26. The average Bonchev–Trinajstić information content (AvgIpc) is 3.17. The Balaban J connectivity index is 1.48. The highest BCUT2D eigenvalue weighted by Crippen LogP contribution is 2.21. The maximum atomic E-state index is 12.3. The summed E-state index contributed by atoms with van der Waals surface area (Å²) in [5, 5.41) is 7.61. The minimum Gasteiger partial charge on any atom is -0.453 e. The Labute approximate surface area is 162 Å². The van der Waals surface area contributed by atoms with Crippen LogP contribution in [0.25, 0.3) is 22.2 Å². The molecule has 0 amide bonds. The molecular formula is C19H14BrN5O2. The molecule has 0 spiro atoms. The second-order valence-electron chi connectivity index (χ2n) is 5.79. The van der Waals surface area contributed by atoms with Crippen LogP contribution in [0.15, 0.2) is 59.1 Å². The number of H-pyrrole nitrogens is 1. The summed E-state index contributed by atoms with van der Waals surface area (Å²) in [5.74, 6) is 0.152. The number of carbonyl (C=O) groups is 1. The normalized spacial score (nSPS) is 10.9. The summed E-state index contributed by atoms with van der Waals surface area (Å²) in [4.78, 5) is 20.8. The number of fused-ring (bicyclic) bond motifs is 1. The smallest absolute Gasteiger partial charge is 0.356 e. The number of nitrogens with two attached hydrogens (primary N) is 1. The van der Waals surface area contributed by atoms with Gasteiger partial charge in [0.1, 0.15) is 11.5 Å². The predicted molar refractivity (Wildman–Crippen MR) is 105 cm³/mol. The highest BCUT2D eigenvalue weighted by Gasteiger charge is 2.14. The number of esters is 1. The Morgan fingerprint density at radius 2 is 1.89 bits per heavy atom. The monoisotopic (exact) mass is 423 g/mol. The van der Waals surface area contributed by atoms with Gasteiger partial charge < -0.3 is 10.5 Å². The molecule has 134 valence electrons. The number of benzene rings is 2. The van der Waals surface area contributed by atoms with Crippen molar-refractivity contribution < 1.29 is 9.53 Å². The van der Waals surface area contributed by atoms with Gasteiger partial charge in [-0.1, -0.05) is 40.2 Å². The van der Waals surface area contributed by atoms with Crippen molar-refractivity contribution in [2.24, 2.45) is 0 Å². The van der Waals surface area contributed by atoms with Crippen LogP contribution < -0.4 is 5.73 Å². The van der Waals surface area contributed by atoms with Crippen LogP contribution in [0.1, 0.15) is 16.3 Å². The van der Waals surface area contributed by atoms with Crippen molar-refractivity contribution >= 4 is 38.6 Å². The number of hydrogen-bond donors (Lipinski definition) is 2. The number of aromatic nitrogens is 4. The molecule has 2 heterocycles. The maximum Gasteiger partial charge on any atom is 0.356 e. The highest BCUT2D eigenvalue weighted by atomic mass is 79.9. The Hall–Kier alpha value is -3.26. The van der Waals surface area contributed by atoms with Gasteiger partial charge in [-0.15, -0.1) is 0 Å². The van der Waals surface area contributed by atoms with Crippen molar-refractivity contribution in [3.63, 3.8) is 0 Å². The number of nitrogen functional groups attached to an aromatic ring is 1. The molecular weight excluding hydrogens is 410 g/mol. The van der Waals surface area contributed by atoms with Crippen molar-refractivity contribution in [2.45, 2.75) is 6.61 Å². The first-order valence-corrected chi connectivity index (χ1v) is 8.89. The molecule has 4 aromatic rings. The molecule has 0 radical (unpaired) electrons. The topological polar surface area (TPSA) is 107 Å². The van der Waals surface area contributed by atoms with Gasteiger partial charge in [0.05, 0.1) is 11.2 Å². The number of hydrogen-bond acceptors (Lipinski definition) is 6. The molecule has 0 aliphatic heterocycles. The number of anilines is 1. The van der Waals surface area contributed by atoms with E-state index < -0.39 is 5.97 Å². The van der Waals surface area contributed by atoms with Gasteiger partial charge in [-0.05, 0) is 30.3 Å². The van der Waals surface area contributed by atoms with Gasteiger partial charge in [-0.2, -0.15) is 5.10 Å². The Kier molecular flexibility index (Phi) is 4.55. The number of ether oxygens (including phenoxy) is 1. The zero-order chi connectivity index (χ0) is 18.8. The standard InChI is InChI=1S/C19H14BrN5O2/c20-12-7-5-11(6-8-12)15-9-16(25-24-15)19(26)27-10-17-22-14-4-2-1-3-13(14)18(21)23-17/h1-9H,10H2,(H,24,25)(H2,21,22,23). The van der Waals surface area contributed by atoms with E-state index in [1.54, 1.807) is 6.07 Å². The third-order valence-corrected chi connectivity index (χ3v) is 4.48. The Morgan fingerprint density at radius 1 is 1.11 bits per heavy atom. The molecule has 4 rings (SSSR count). The molecule has 0 fully saturated rings. The van der Waals surface area contributed by atoms with E-state index in [1.807, 2.05) is 48.5 Å². The van der Waals surface area contributed by atoms with E-state index in [-0.39, 0.29) is 12.3 Å². The molecule has 3 N–H and O–H groups in total. The quantitative estimate of drug-likeness (QED) is 0.484. The molecule has 8 heteroatoms. The van der Waals surface area contributed by atoms with Crippen LogP contribution in [-0.2, 0) is 11.3 Å². The van der Waals surface area contributed by atoms with Crippen LogP contribution in [0.3, 0.4) is 0 Å². The van der Waals surface area contributed by atoms with Gasteiger partial charge >= 0.3 is 5.97 Å². The Bertz CT molecular complexity index is 1120. The first-order chi connectivity index (χ1) is 13.1. The summed E-state index contributed by atoms with van der Waals surface area (Å²) in [5.41, 5.74) is 8.44. The first-order valence-electron chi connectivity index (χ1n) is 8.10. The van der Waals surface area contributed by atoms with Crippen LogP contribution in [0.4, 0.5) is 5.82 Å². The van der Waals surface area contributed by atoms with Gasteiger partial charge in [0.2, 0.25) is 0 Å². The summed E-state index contributed by atoms with van der Waals surface area (Å²) in [7, 11) is 0. The van der Waals surface area contributed by atoms with Crippen molar-refractivity contribution in [3.8, 4) is 11.3 Å². The fourth-order valence-electron chi connectivity index (χ4n) is 2.62.